The Kier molecular flexibility index (Phi) is 5.28. The second-order valence-electron chi connectivity index (χ2n) is 7.15. The third-order valence-corrected chi connectivity index (χ3v) is 4.74. The van der Waals surface area contributed by atoms with E-state index in [0.717, 1.165) is 36.2 Å². The number of likely N-dealkylation sites (N-methyl/N-ethyl adjacent to an activating group) is 1. The predicted molar refractivity (Wildman–Crippen MR) is 102 cm³/mol. The summed E-state index contributed by atoms with van der Waals surface area (Å²) >= 11 is 0. The van der Waals surface area contributed by atoms with E-state index in [4.69, 9.17) is 4.74 Å². The van der Waals surface area contributed by atoms with Crippen molar-refractivity contribution in [3.8, 4) is 11.1 Å². The van der Waals surface area contributed by atoms with Crippen LogP contribution in [0.5, 0.6) is 0 Å². The molecule has 0 unspecified atom stereocenters. The molecule has 2 aromatic rings. The molecule has 1 aliphatic rings. The lowest BCUT2D eigenvalue weighted by Gasteiger charge is -2.23. The normalized spacial score (nSPS) is 17.3. The first-order chi connectivity index (χ1) is 12.3. The third kappa shape index (κ3) is 4.05. The van der Waals surface area contributed by atoms with Gasteiger partial charge in [-0.3, -0.25) is 4.90 Å². The lowest BCUT2D eigenvalue weighted by atomic mass is 9.99. The zero-order chi connectivity index (χ0) is 18.8. The summed E-state index contributed by atoms with van der Waals surface area (Å²) in [5.74, 6) is -0.331. The molecule has 5 heteroatoms. The molecule has 0 saturated carbocycles. The molecule has 4 nitrogen and oxygen atoms in total. The minimum Gasteiger partial charge on any atom is -0.444 e. The second-order valence-corrected chi connectivity index (χ2v) is 7.15. The van der Waals surface area contributed by atoms with E-state index in [1.54, 1.807) is 13.1 Å². The van der Waals surface area contributed by atoms with Crippen molar-refractivity contribution >= 4 is 11.8 Å². The first-order valence-electron chi connectivity index (χ1n) is 8.84. The monoisotopic (exact) mass is 356 g/mol. The first-order valence-corrected chi connectivity index (χ1v) is 8.84. The Balaban J connectivity index is 1.90. The van der Waals surface area contributed by atoms with Crippen LogP contribution >= 0.6 is 0 Å². The molecule has 1 heterocycles. The number of hydrogen-bond acceptors (Lipinski definition) is 3. The van der Waals surface area contributed by atoms with Crippen molar-refractivity contribution in [1.29, 1.82) is 0 Å². The molecule has 1 fully saturated rings. The topological polar surface area (TPSA) is 32.8 Å². The number of hydrogen-bond donors (Lipinski definition) is 0. The van der Waals surface area contributed by atoms with Gasteiger partial charge in [0.15, 0.2) is 0 Å². The van der Waals surface area contributed by atoms with Crippen LogP contribution in [0.4, 0.5) is 14.9 Å². The van der Waals surface area contributed by atoms with Crippen molar-refractivity contribution in [2.45, 2.75) is 26.4 Å². The van der Waals surface area contributed by atoms with Gasteiger partial charge in [0.2, 0.25) is 0 Å². The summed E-state index contributed by atoms with van der Waals surface area (Å²) in [4.78, 5) is 16.2. The maximum Gasteiger partial charge on any atom is 0.414 e. The number of benzene rings is 2. The van der Waals surface area contributed by atoms with Gasteiger partial charge in [-0.2, -0.15) is 0 Å². The molecule has 3 rings (SSSR count). The van der Waals surface area contributed by atoms with E-state index >= 15 is 0 Å². The minimum atomic E-state index is -0.414. The van der Waals surface area contributed by atoms with E-state index in [1.807, 2.05) is 33.0 Å². The Hall–Kier alpha value is -2.40. The number of carbonyl (C=O) groups is 1. The van der Waals surface area contributed by atoms with E-state index in [1.165, 1.54) is 17.0 Å². The minimum absolute atomic E-state index is 0.0972. The highest BCUT2D eigenvalue weighted by molar-refractivity contribution is 5.93. The highest BCUT2D eigenvalue weighted by atomic mass is 19.1. The van der Waals surface area contributed by atoms with E-state index in [2.05, 4.69) is 11.0 Å². The van der Waals surface area contributed by atoms with Gasteiger partial charge < -0.3 is 9.64 Å². The third-order valence-electron chi connectivity index (χ3n) is 4.74. The second kappa shape index (κ2) is 7.46. The summed E-state index contributed by atoms with van der Waals surface area (Å²) in [6.45, 7) is 5.67. The number of ether oxygens (including phenoxy) is 1. The van der Waals surface area contributed by atoms with Crippen molar-refractivity contribution < 1.29 is 13.9 Å². The Morgan fingerprint density at radius 1 is 1.19 bits per heavy atom. The van der Waals surface area contributed by atoms with Gasteiger partial charge in [0.1, 0.15) is 11.9 Å². The fraction of sp³-hybridized carbons (Fsp3) is 0.381. The fourth-order valence-electron chi connectivity index (χ4n) is 3.47. The summed E-state index contributed by atoms with van der Waals surface area (Å²) in [5.41, 5.74) is 4.38. The number of amides is 1. The SMILES string of the molecule is Cc1cc(C)cc(-c2cc(F)ccc2N(C)C(=O)O[C@@H]2CCN(C)C2)c1. The van der Waals surface area contributed by atoms with E-state index in [-0.39, 0.29) is 11.9 Å². The molecule has 2 aromatic carbocycles. The van der Waals surface area contributed by atoms with Crippen molar-refractivity contribution in [1.82, 2.24) is 4.90 Å². The Bertz CT molecular complexity index is 801. The number of rotatable bonds is 3. The van der Waals surface area contributed by atoms with Crippen LogP contribution in [-0.2, 0) is 4.74 Å². The average Bonchev–Trinajstić information content (AvgIpc) is 2.98. The molecular formula is C21H25FN2O2. The molecule has 1 aliphatic heterocycles. The fourth-order valence-corrected chi connectivity index (χ4v) is 3.47. The van der Waals surface area contributed by atoms with E-state index in [0.29, 0.717) is 11.3 Å². The first kappa shape index (κ1) is 18.4. The van der Waals surface area contributed by atoms with Crippen molar-refractivity contribution in [3.05, 3.63) is 53.3 Å². The molecule has 138 valence electrons. The maximum absolute atomic E-state index is 13.9. The van der Waals surface area contributed by atoms with E-state index in [9.17, 15) is 9.18 Å². The average molecular weight is 356 g/mol. The van der Waals surface area contributed by atoms with Gasteiger partial charge in [-0.25, -0.2) is 9.18 Å². The molecule has 0 aliphatic carbocycles. The predicted octanol–water partition coefficient (Wildman–Crippen LogP) is 4.39. The Labute approximate surface area is 154 Å². The van der Waals surface area contributed by atoms with Crippen LogP contribution in [0.25, 0.3) is 11.1 Å². The van der Waals surface area contributed by atoms with Crippen LogP contribution in [0.3, 0.4) is 0 Å². The van der Waals surface area contributed by atoms with Crippen LogP contribution in [0.2, 0.25) is 0 Å². The van der Waals surface area contributed by atoms with Gasteiger partial charge in [-0.1, -0.05) is 29.3 Å². The van der Waals surface area contributed by atoms with E-state index < -0.39 is 6.09 Å². The molecule has 26 heavy (non-hydrogen) atoms. The molecule has 0 bridgehead atoms. The van der Waals surface area contributed by atoms with Crippen molar-refractivity contribution in [2.75, 3.05) is 32.1 Å². The lowest BCUT2D eigenvalue weighted by molar-refractivity contribution is 0.110. The van der Waals surface area contributed by atoms with Crippen LogP contribution < -0.4 is 4.90 Å². The number of likely N-dealkylation sites (tertiary alicyclic amines) is 1. The van der Waals surface area contributed by atoms with Gasteiger partial charge in [0, 0.05) is 25.7 Å². The summed E-state index contributed by atoms with van der Waals surface area (Å²) < 4.78 is 19.5. The molecule has 0 radical (unpaired) electrons. The van der Waals surface area contributed by atoms with Crippen LogP contribution in [0, 0.1) is 19.7 Å². The largest absolute Gasteiger partial charge is 0.444 e. The van der Waals surface area contributed by atoms with Crippen LogP contribution in [0.15, 0.2) is 36.4 Å². The highest BCUT2D eigenvalue weighted by Crippen LogP contribution is 2.33. The van der Waals surface area contributed by atoms with Crippen LogP contribution in [0.1, 0.15) is 17.5 Å². The quantitative estimate of drug-likeness (QED) is 0.818. The molecule has 1 saturated heterocycles. The van der Waals surface area contributed by atoms with Crippen LogP contribution in [-0.4, -0.2) is 44.3 Å². The Morgan fingerprint density at radius 3 is 2.50 bits per heavy atom. The number of aryl methyl sites for hydroxylation is 2. The van der Waals surface area contributed by atoms with Crippen molar-refractivity contribution in [3.63, 3.8) is 0 Å². The summed E-state index contributed by atoms with van der Waals surface area (Å²) in [6, 6.07) is 10.5. The standard InChI is InChI=1S/C21H25FN2O2/c1-14-9-15(2)11-16(10-14)19-12-17(22)5-6-20(19)24(4)21(25)26-18-7-8-23(3)13-18/h5-6,9-12,18H,7-8,13H2,1-4H3/t18-/m1/s1. The zero-order valence-corrected chi connectivity index (χ0v) is 15.8. The van der Waals surface area contributed by atoms with Gasteiger partial charge in [-0.05, 0) is 51.1 Å². The number of nitrogens with zero attached hydrogens (tertiary/aromatic N) is 2. The Morgan fingerprint density at radius 2 is 1.88 bits per heavy atom. The number of carbonyl (C=O) groups excluding carboxylic acids is 1. The zero-order valence-electron chi connectivity index (χ0n) is 15.8. The molecule has 0 N–H and O–H groups in total. The molecule has 1 atom stereocenters. The summed E-state index contributed by atoms with van der Waals surface area (Å²) in [5, 5.41) is 0. The smallest absolute Gasteiger partial charge is 0.414 e. The number of halogens is 1. The molecular weight excluding hydrogens is 331 g/mol. The highest BCUT2D eigenvalue weighted by Gasteiger charge is 2.26. The molecule has 0 aromatic heterocycles. The lowest BCUT2D eigenvalue weighted by Crippen LogP contribution is -2.32. The van der Waals surface area contributed by atoms with Gasteiger partial charge in [-0.15, -0.1) is 0 Å². The van der Waals surface area contributed by atoms with Gasteiger partial charge >= 0.3 is 6.09 Å². The van der Waals surface area contributed by atoms with Gasteiger partial charge in [0.25, 0.3) is 0 Å². The van der Waals surface area contributed by atoms with Gasteiger partial charge in [0.05, 0.1) is 5.69 Å². The summed E-state index contributed by atoms with van der Waals surface area (Å²) in [6.07, 6.45) is 0.325. The van der Waals surface area contributed by atoms with Crippen molar-refractivity contribution in [2.24, 2.45) is 0 Å². The summed E-state index contributed by atoms with van der Waals surface area (Å²) in [7, 11) is 3.68. The number of anilines is 1. The maximum atomic E-state index is 13.9. The molecule has 0 spiro atoms. The molecule has 1 amide bonds.